The van der Waals surface area contributed by atoms with Crippen molar-refractivity contribution in [1.82, 2.24) is 4.98 Å². The van der Waals surface area contributed by atoms with Crippen molar-refractivity contribution >= 4 is 0 Å². The molecule has 2 heterocycles. The average molecular weight is 422 g/mol. The van der Waals surface area contributed by atoms with E-state index in [0.717, 1.165) is 16.9 Å². The minimum absolute atomic E-state index is 0. The zero-order valence-corrected chi connectivity index (χ0v) is 12.6. The molecule has 0 fully saturated rings. The molecule has 0 atom stereocenters. The number of benzene rings is 1. The van der Waals surface area contributed by atoms with E-state index in [1.54, 1.807) is 6.20 Å². The number of hydrogen-bond donors (Lipinski definition) is 0. The van der Waals surface area contributed by atoms with Crippen molar-refractivity contribution in [3.05, 3.63) is 79.3 Å². The molecule has 0 aliphatic heterocycles. The molecule has 0 aliphatic rings. The second-order valence-corrected chi connectivity index (χ2v) is 3.86. The predicted molar refractivity (Wildman–Crippen MR) is 68.9 cm³/mol. The molecule has 3 aromatic rings. The van der Waals surface area contributed by atoms with Crippen LogP contribution in [0.25, 0.3) is 16.9 Å². The van der Waals surface area contributed by atoms with E-state index in [1.807, 2.05) is 65.4 Å². The molecule has 3 heteroatoms. The third-order valence-electron chi connectivity index (χ3n) is 2.64. The zero-order valence-electron chi connectivity index (χ0n) is 10.1. The Balaban J connectivity index is 0.00000133. The van der Waals surface area contributed by atoms with Crippen molar-refractivity contribution in [2.75, 3.05) is 0 Å². The van der Waals surface area contributed by atoms with Gasteiger partial charge in [-0.05, 0) is 11.8 Å². The minimum atomic E-state index is 0. The van der Waals surface area contributed by atoms with Gasteiger partial charge in [-0.2, -0.15) is 0 Å². The van der Waals surface area contributed by atoms with Gasteiger partial charge in [0.25, 0.3) is 0 Å². The maximum absolute atomic E-state index is 4.33. The van der Waals surface area contributed by atoms with Crippen LogP contribution in [-0.4, -0.2) is 4.98 Å². The molecule has 2 aromatic heterocycles. The SMILES string of the molecule is [Os+2].[c-]1c(-c2ccccn2)cccc1-[n+]1[c-]cccc1. The first-order valence-corrected chi connectivity index (χ1v) is 5.76. The van der Waals surface area contributed by atoms with Crippen molar-refractivity contribution in [2.45, 2.75) is 0 Å². The summed E-state index contributed by atoms with van der Waals surface area (Å²) in [6, 6.07) is 21.0. The van der Waals surface area contributed by atoms with E-state index >= 15 is 0 Å². The summed E-state index contributed by atoms with van der Waals surface area (Å²) in [6.07, 6.45) is 6.87. The van der Waals surface area contributed by atoms with Crippen LogP contribution in [0.2, 0.25) is 0 Å². The van der Waals surface area contributed by atoms with Gasteiger partial charge in [0.2, 0.25) is 0 Å². The van der Waals surface area contributed by atoms with Gasteiger partial charge in [-0.1, -0.05) is 24.3 Å². The third-order valence-corrected chi connectivity index (χ3v) is 2.64. The van der Waals surface area contributed by atoms with Crippen LogP contribution in [0.3, 0.4) is 0 Å². The van der Waals surface area contributed by atoms with Crippen LogP contribution < -0.4 is 4.57 Å². The topological polar surface area (TPSA) is 16.8 Å². The van der Waals surface area contributed by atoms with Gasteiger partial charge >= 0.3 is 19.8 Å². The Morgan fingerprint density at radius 2 is 1.89 bits per heavy atom. The standard InChI is InChI=1S/C16H11N2.Os/c1-4-11-18(12-5-1)15-8-6-7-14(13-15)16-9-2-3-10-17-16;/h1-11H;/q-1;+2. The summed E-state index contributed by atoms with van der Waals surface area (Å²) in [5.74, 6) is 0. The molecule has 19 heavy (non-hydrogen) atoms. The normalized spacial score (nSPS) is 9.68. The summed E-state index contributed by atoms with van der Waals surface area (Å²) in [6.45, 7) is 0. The monoisotopic (exact) mass is 423 g/mol. The van der Waals surface area contributed by atoms with E-state index in [-0.39, 0.29) is 19.8 Å². The number of pyridine rings is 2. The van der Waals surface area contributed by atoms with Crippen LogP contribution in [0, 0.1) is 12.3 Å². The molecule has 0 bridgehead atoms. The van der Waals surface area contributed by atoms with Crippen LogP contribution in [-0.2, 0) is 19.8 Å². The van der Waals surface area contributed by atoms with E-state index in [9.17, 15) is 0 Å². The number of nitrogens with zero attached hydrogens (tertiary/aromatic N) is 2. The molecule has 0 aliphatic carbocycles. The van der Waals surface area contributed by atoms with Crippen LogP contribution in [0.4, 0.5) is 0 Å². The van der Waals surface area contributed by atoms with Crippen LogP contribution in [0.5, 0.6) is 0 Å². The van der Waals surface area contributed by atoms with Crippen molar-refractivity contribution in [3.63, 3.8) is 0 Å². The van der Waals surface area contributed by atoms with Gasteiger partial charge in [0.1, 0.15) is 0 Å². The molecule has 0 N–H and O–H groups in total. The summed E-state index contributed by atoms with van der Waals surface area (Å²) >= 11 is 0. The van der Waals surface area contributed by atoms with Crippen molar-refractivity contribution in [2.24, 2.45) is 0 Å². The predicted octanol–water partition coefficient (Wildman–Crippen LogP) is 2.62. The van der Waals surface area contributed by atoms with Crippen LogP contribution in [0.15, 0.2) is 67.0 Å². The Morgan fingerprint density at radius 3 is 2.63 bits per heavy atom. The number of aromatic nitrogens is 2. The molecule has 92 valence electrons. The molecule has 0 saturated heterocycles. The van der Waals surface area contributed by atoms with E-state index < -0.39 is 0 Å². The zero-order chi connectivity index (χ0) is 12.2. The molecular formula is C16H11N2Os+. The van der Waals surface area contributed by atoms with Gasteiger partial charge < -0.3 is 9.55 Å². The van der Waals surface area contributed by atoms with Crippen molar-refractivity contribution in [3.8, 4) is 16.9 Å². The summed E-state index contributed by atoms with van der Waals surface area (Å²) in [4.78, 5) is 4.33. The van der Waals surface area contributed by atoms with Gasteiger partial charge in [0.15, 0.2) is 6.20 Å². The Morgan fingerprint density at radius 1 is 0.947 bits per heavy atom. The Labute approximate surface area is 125 Å². The van der Waals surface area contributed by atoms with Gasteiger partial charge in [-0.3, -0.25) is 0 Å². The molecule has 0 radical (unpaired) electrons. The largest absolute Gasteiger partial charge is 2.00 e. The molecule has 0 unspecified atom stereocenters. The van der Waals surface area contributed by atoms with Gasteiger partial charge in [-0.25, -0.2) is 0 Å². The fraction of sp³-hybridized carbons (Fsp3) is 0. The molecule has 0 saturated carbocycles. The fourth-order valence-corrected chi connectivity index (χ4v) is 1.78. The Kier molecular flexibility index (Phi) is 4.55. The summed E-state index contributed by atoms with van der Waals surface area (Å²) in [7, 11) is 0. The van der Waals surface area contributed by atoms with Gasteiger partial charge in [-0.15, -0.1) is 35.9 Å². The molecular weight excluding hydrogens is 410 g/mol. The smallest absolute Gasteiger partial charge is 0.305 e. The van der Waals surface area contributed by atoms with Crippen LogP contribution >= 0.6 is 0 Å². The summed E-state index contributed by atoms with van der Waals surface area (Å²) < 4.78 is 1.91. The van der Waals surface area contributed by atoms with E-state index in [1.165, 1.54) is 0 Å². The summed E-state index contributed by atoms with van der Waals surface area (Å²) in [5.41, 5.74) is 2.87. The molecule has 0 spiro atoms. The first kappa shape index (κ1) is 13.6. The minimum Gasteiger partial charge on any atom is -0.305 e. The number of hydrogen-bond acceptors (Lipinski definition) is 1. The average Bonchev–Trinajstić information content (AvgIpc) is 2.49. The van der Waals surface area contributed by atoms with Crippen LogP contribution in [0.1, 0.15) is 0 Å². The third kappa shape index (κ3) is 3.13. The molecule has 3 rings (SSSR count). The first-order valence-electron chi connectivity index (χ1n) is 5.76. The molecule has 1 aromatic carbocycles. The molecule has 2 nitrogen and oxygen atoms in total. The second kappa shape index (κ2) is 6.36. The van der Waals surface area contributed by atoms with E-state index in [2.05, 4.69) is 17.2 Å². The Bertz CT molecular complexity index is 584. The van der Waals surface area contributed by atoms with Crippen molar-refractivity contribution in [1.29, 1.82) is 0 Å². The van der Waals surface area contributed by atoms with Crippen molar-refractivity contribution < 1.29 is 24.4 Å². The van der Waals surface area contributed by atoms with E-state index in [4.69, 9.17) is 0 Å². The summed E-state index contributed by atoms with van der Waals surface area (Å²) in [5, 5.41) is 0. The maximum Gasteiger partial charge on any atom is 2.00 e. The quantitative estimate of drug-likeness (QED) is 0.459. The van der Waals surface area contributed by atoms with E-state index in [0.29, 0.717) is 0 Å². The molecule has 0 amide bonds. The number of rotatable bonds is 2. The maximum atomic E-state index is 4.33. The first-order chi connectivity index (χ1) is 8.93. The fourth-order valence-electron chi connectivity index (χ4n) is 1.78. The second-order valence-electron chi connectivity index (χ2n) is 3.86. The Hall–Kier alpha value is -1.84. The van der Waals surface area contributed by atoms with Gasteiger partial charge in [0, 0.05) is 11.9 Å². The van der Waals surface area contributed by atoms with Gasteiger partial charge in [0.05, 0.1) is 6.20 Å².